The average Bonchev–Trinajstić information content (AvgIpc) is 3.02. The van der Waals surface area contributed by atoms with Crippen LogP contribution in [0.5, 0.6) is 5.75 Å². The van der Waals surface area contributed by atoms with Crippen molar-refractivity contribution < 1.29 is 13.7 Å². The number of hydrogen-bond donors (Lipinski definition) is 1. The summed E-state index contributed by atoms with van der Waals surface area (Å²) in [5.41, 5.74) is 0.613. The molecular weight excluding hydrogens is 321 g/mol. The van der Waals surface area contributed by atoms with Crippen LogP contribution < -0.4 is 10.3 Å². The van der Waals surface area contributed by atoms with Gasteiger partial charge in [0.1, 0.15) is 30.9 Å². The maximum atomic E-state index is 12.7. The topological polar surface area (TPSA) is 83.0 Å². The number of halogens is 1. The first-order valence-corrected chi connectivity index (χ1v) is 8.40. The Morgan fingerprint density at radius 2 is 2.09 bits per heavy atom. The largest absolute Gasteiger partial charge is 0.609 e. The van der Waals surface area contributed by atoms with E-state index in [9.17, 15) is 13.7 Å². The van der Waals surface area contributed by atoms with Gasteiger partial charge in [-0.25, -0.2) is 8.96 Å². The lowest BCUT2D eigenvalue weighted by atomic mass is 10.3. The van der Waals surface area contributed by atoms with Crippen LogP contribution in [0.1, 0.15) is 0 Å². The molecule has 1 atom stereocenters. The summed E-state index contributed by atoms with van der Waals surface area (Å²) in [5.74, 6) is 0.495. The fraction of sp³-hybridized carbons (Fsp3) is 0.200. The summed E-state index contributed by atoms with van der Waals surface area (Å²) >= 11 is -1.45. The van der Waals surface area contributed by atoms with Crippen molar-refractivity contribution in [2.45, 2.75) is 5.16 Å². The number of ether oxygens (including phenoxy) is 1. The minimum Gasteiger partial charge on any atom is -0.609 e. The lowest BCUT2D eigenvalue weighted by Gasteiger charge is -2.12. The van der Waals surface area contributed by atoms with Gasteiger partial charge in [-0.2, -0.15) is 4.98 Å². The van der Waals surface area contributed by atoms with Gasteiger partial charge in [0.05, 0.1) is 11.1 Å². The molecular formula is C15H14FN3O3S. The van der Waals surface area contributed by atoms with Crippen LogP contribution in [0.3, 0.4) is 0 Å². The van der Waals surface area contributed by atoms with Crippen molar-refractivity contribution in [1.82, 2.24) is 14.5 Å². The third kappa shape index (κ3) is 2.95. The zero-order chi connectivity index (χ0) is 16.4. The predicted molar refractivity (Wildman–Crippen MR) is 85.5 cm³/mol. The third-order valence-electron chi connectivity index (χ3n) is 3.26. The molecule has 0 aliphatic carbocycles. The van der Waals surface area contributed by atoms with Crippen molar-refractivity contribution >= 4 is 22.2 Å². The minimum atomic E-state index is -1.45. The SMILES string of the molecule is C[S+]([O-])c1nc2[nH]ccc2c(=O)n1-c1ccc(OCCF)cc1. The first-order chi connectivity index (χ1) is 11.1. The van der Waals surface area contributed by atoms with E-state index in [4.69, 9.17) is 4.74 Å². The Morgan fingerprint density at radius 1 is 1.35 bits per heavy atom. The molecule has 3 rings (SSSR count). The predicted octanol–water partition coefficient (Wildman–Crippen LogP) is 1.80. The van der Waals surface area contributed by atoms with Gasteiger partial charge in [-0.1, -0.05) is 0 Å². The summed E-state index contributed by atoms with van der Waals surface area (Å²) in [6, 6.07) is 8.17. The van der Waals surface area contributed by atoms with Crippen LogP contribution in [0.2, 0.25) is 0 Å². The van der Waals surface area contributed by atoms with Crippen molar-refractivity contribution in [3.05, 3.63) is 46.9 Å². The fourth-order valence-electron chi connectivity index (χ4n) is 2.25. The number of alkyl halides is 1. The van der Waals surface area contributed by atoms with Gasteiger partial charge in [0.2, 0.25) is 0 Å². The first-order valence-electron chi connectivity index (χ1n) is 6.84. The van der Waals surface area contributed by atoms with Crippen molar-refractivity contribution in [1.29, 1.82) is 0 Å². The van der Waals surface area contributed by atoms with E-state index in [1.54, 1.807) is 36.5 Å². The number of nitrogens with one attached hydrogen (secondary N) is 1. The van der Waals surface area contributed by atoms with E-state index in [0.717, 1.165) is 0 Å². The van der Waals surface area contributed by atoms with Crippen molar-refractivity contribution in [2.75, 3.05) is 19.5 Å². The molecule has 0 radical (unpaired) electrons. The van der Waals surface area contributed by atoms with Crippen LogP contribution in [0.15, 0.2) is 46.5 Å². The van der Waals surface area contributed by atoms with Gasteiger partial charge < -0.3 is 14.3 Å². The monoisotopic (exact) mass is 335 g/mol. The molecule has 23 heavy (non-hydrogen) atoms. The van der Waals surface area contributed by atoms with E-state index in [1.165, 1.54) is 10.8 Å². The van der Waals surface area contributed by atoms with E-state index in [2.05, 4.69) is 9.97 Å². The summed E-state index contributed by atoms with van der Waals surface area (Å²) in [4.78, 5) is 19.8. The van der Waals surface area contributed by atoms with Crippen molar-refractivity contribution in [3.63, 3.8) is 0 Å². The van der Waals surface area contributed by atoms with Crippen LogP contribution in [-0.4, -0.2) is 38.6 Å². The number of benzene rings is 1. The van der Waals surface area contributed by atoms with E-state index < -0.39 is 17.9 Å². The van der Waals surface area contributed by atoms with E-state index >= 15 is 0 Å². The molecule has 0 spiro atoms. The van der Waals surface area contributed by atoms with Crippen LogP contribution >= 0.6 is 0 Å². The van der Waals surface area contributed by atoms with E-state index in [1.807, 2.05) is 0 Å². The molecule has 2 aromatic heterocycles. The molecule has 120 valence electrons. The molecule has 1 aromatic carbocycles. The highest BCUT2D eigenvalue weighted by molar-refractivity contribution is 7.90. The molecule has 8 heteroatoms. The van der Waals surface area contributed by atoms with Crippen LogP contribution in [-0.2, 0) is 11.2 Å². The summed E-state index contributed by atoms with van der Waals surface area (Å²) in [6.07, 6.45) is 3.07. The molecule has 0 fully saturated rings. The normalized spacial score (nSPS) is 12.5. The van der Waals surface area contributed by atoms with E-state index in [0.29, 0.717) is 22.5 Å². The number of aromatic amines is 1. The van der Waals surface area contributed by atoms with Gasteiger partial charge in [0, 0.05) is 17.4 Å². The van der Waals surface area contributed by atoms with Gasteiger partial charge in [-0.15, -0.1) is 0 Å². The summed E-state index contributed by atoms with van der Waals surface area (Å²) in [5, 5.41) is 0.569. The third-order valence-corrected chi connectivity index (χ3v) is 4.04. The highest BCUT2D eigenvalue weighted by atomic mass is 32.2. The van der Waals surface area contributed by atoms with Gasteiger partial charge in [-0.3, -0.25) is 4.79 Å². The van der Waals surface area contributed by atoms with Crippen molar-refractivity contribution in [3.8, 4) is 11.4 Å². The second-order valence-electron chi connectivity index (χ2n) is 4.76. The number of H-pyrrole nitrogens is 1. The summed E-state index contributed by atoms with van der Waals surface area (Å²) < 4.78 is 30.6. The van der Waals surface area contributed by atoms with Gasteiger partial charge in [0.25, 0.3) is 5.56 Å². The lowest BCUT2D eigenvalue weighted by molar-refractivity contribution is 0.273. The Hall–Kier alpha value is -2.32. The zero-order valence-corrected chi connectivity index (χ0v) is 13.1. The first kappa shape index (κ1) is 15.6. The Labute approximate surface area is 134 Å². The van der Waals surface area contributed by atoms with Crippen LogP contribution in [0, 0.1) is 0 Å². The van der Waals surface area contributed by atoms with Gasteiger partial charge in [0.15, 0.2) is 0 Å². The summed E-state index contributed by atoms with van der Waals surface area (Å²) in [6.45, 7) is -0.603. The molecule has 1 N–H and O–H groups in total. The number of hydrogen-bond acceptors (Lipinski definition) is 4. The molecule has 0 aliphatic rings. The molecule has 0 bridgehead atoms. The number of aromatic nitrogens is 3. The Morgan fingerprint density at radius 3 is 2.74 bits per heavy atom. The maximum absolute atomic E-state index is 12.7. The second-order valence-corrected chi connectivity index (χ2v) is 6.03. The Bertz CT molecular complexity index is 874. The smallest absolute Gasteiger partial charge is 0.332 e. The average molecular weight is 335 g/mol. The molecule has 6 nitrogen and oxygen atoms in total. The Balaban J connectivity index is 2.12. The highest BCUT2D eigenvalue weighted by Gasteiger charge is 2.20. The standard InChI is InChI=1S/C15H14FN3O3S/c1-23(21)15-18-13-12(6-8-17-13)14(20)19(15)10-2-4-11(5-3-10)22-9-7-16/h2-6,8,17H,7,9H2,1H3. The van der Waals surface area contributed by atoms with Crippen LogP contribution in [0.25, 0.3) is 16.7 Å². The molecule has 0 amide bonds. The second kappa shape index (κ2) is 6.43. The quantitative estimate of drug-likeness (QED) is 0.569. The molecule has 1 unspecified atom stereocenters. The summed E-state index contributed by atoms with van der Waals surface area (Å²) in [7, 11) is 0. The minimum absolute atomic E-state index is 0.0274. The van der Waals surface area contributed by atoms with Gasteiger partial charge in [-0.05, 0) is 30.3 Å². The van der Waals surface area contributed by atoms with Crippen LogP contribution in [0.4, 0.5) is 4.39 Å². The lowest BCUT2D eigenvalue weighted by Crippen LogP contribution is -2.25. The van der Waals surface area contributed by atoms with Crippen molar-refractivity contribution in [2.24, 2.45) is 0 Å². The molecule has 0 aliphatic heterocycles. The molecule has 2 heterocycles. The molecule has 3 aromatic rings. The molecule has 0 saturated heterocycles. The Kier molecular flexibility index (Phi) is 4.35. The number of nitrogens with zero attached hydrogens (tertiary/aromatic N) is 2. The van der Waals surface area contributed by atoms with Gasteiger partial charge >= 0.3 is 5.16 Å². The van der Waals surface area contributed by atoms with E-state index in [-0.39, 0.29) is 17.3 Å². The molecule has 0 saturated carbocycles. The highest BCUT2D eigenvalue weighted by Crippen LogP contribution is 2.18. The fourth-order valence-corrected chi connectivity index (χ4v) is 2.91. The zero-order valence-electron chi connectivity index (χ0n) is 12.3. The number of fused-ring (bicyclic) bond motifs is 1. The number of rotatable bonds is 5. The maximum Gasteiger partial charge on any atom is 0.332 e.